The van der Waals surface area contributed by atoms with Crippen LogP contribution in [0, 0.1) is 23.7 Å². The molecule has 1 saturated heterocycles. The summed E-state index contributed by atoms with van der Waals surface area (Å²) >= 11 is 4.00. The summed E-state index contributed by atoms with van der Waals surface area (Å²) in [5.74, 6) is -3.87. The van der Waals surface area contributed by atoms with Crippen LogP contribution in [0.1, 0.15) is 167 Å². The fraction of sp³-hybridized carbons (Fsp3) is 0.641. The molecular formula is C64H94N10O14S3. The van der Waals surface area contributed by atoms with Crippen molar-refractivity contribution in [2.75, 3.05) is 56.2 Å². The largest absolute Gasteiger partial charge is 0.456 e. The number of urea groups is 1. The van der Waals surface area contributed by atoms with Crippen molar-refractivity contribution < 1.29 is 67.0 Å². The first-order chi connectivity index (χ1) is 43.5. The number of ether oxygens (including phenoxy) is 3. The number of imide groups is 1. The van der Waals surface area contributed by atoms with E-state index in [1.54, 1.807) is 82.9 Å². The molecule has 9 amide bonds. The van der Waals surface area contributed by atoms with Gasteiger partial charge in [-0.05, 0) is 81.1 Å². The first kappa shape index (κ1) is 75.0. The maximum Gasteiger partial charge on any atom is 0.407 e. The van der Waals surface area contributed by atoms with E-state index in [-0.39, 0.29) is 130 Å². The minimum absolute atomic E-state index is 0.0736. The maximum absolute atomic E-state index is 14.3. The molecule has 4 bridgehead atoms. The van der Waals surface area contributed by atoms with E-state index in [1.165, 1.54) is 39.8 Å². The van der Waals surface area contributed by atoms with Gasteiger partial charge in [0.05, 0.1) is 32.2 Å². The minimum atomic E-state index is -1.16. The number of nitrogens with zero attached hydrogens (tertiary/aromatic N) is 4. The third-order valence-electron chi connectivity index (χ3n) is 15.6. The van der Waals surface area contributed by atoms with Gasteiger partial charge in [-0.25, -0.2) is 19.4 Å². The summed E-state index contributed by atoms with van der Waals surface area (Å²) in [5.41, 5.74) is 5.69. The lowest BCUT2D eigenvalue weighted by Gasteiger charge is -2.28. The molecule has 3 aliphatic heterocycles. The van der Waals surface area contributed by atoms with Crippen molar-refractivity contribution in [3.8, 4) is 0 Å². The Morgan fingerprint density at radius 2 is 1.64 bits per heavy atom. The van der Waals surface area contributed by atoms with E-state index in [4.69, 9.17) is 29.9 Å². The molecule has 1 unspecified atom stereocenters. The number of hydrogen-bond donors (Lipinski definition) is 6. The number of cyclic esters (lactones) is 1. The molecule has 91 heavy (non-hydrogen) atoms. The van der Waals surface area contributed by atoms with Gasteiger partial charge in [-0.3, -0.25) is 48.2 Å². The number of hydrogen-bond acceptors (Lipinski definition) is 19. The highest BCUT2D eigenvalue weighted by molar-refractivity contribution is 8.14. The zero-order valence-electron chi connectivity index (χ0n) is 53.8. The van der Waals surface area contributed by atoms with E-state index in [9.17, 15) is 52.7 Å². The molecule has 3 aliphatic rings. The number of benzene rings is 1. The molecule has 6 atom stereocenters. The Kier molecular flexibility index (Phi) is 32.1. The summed E-state index contributed by atoms with van der Waals surface area (Å²) in [5, 5.41) is 16.9. The molecule has 1 fully saturated rings. The number of esters is 1. The van der Waals surface area contributed by atoms with Crippen LogP contribution in [-0.2, 0) is 70.5 Å². The SMILES string of the molecule is CCCCCCCC(=O)SCC/C=C/[C@H]1CC(=O)N(CCOCCNC(=O)OCc2ccc(NC(=O)[C@H](CCCNC(N)=O)CC(=O)[C@@H](NC(=O)CCCCCN3C(=O)CC(C)C3=O)C(C)C)cc2)Cc2nc(cs2)C2=N[C@](C)(CS2)C(=O)N[C@H](C(C)C)C(=O)O1. The smallest absolute Gasteiger partial charge is 0.407 e. The van der Waals surface area contributed by atoms with Crippen molar-refractivity contribution in [3.05, 3.63) is 58.1 Å². The average Bonchev–Trinajstić information content (AvgIpc) is 1.77. The maximum atomic E-state index is 14.3. The predicted molar refractivity (Wildman–Crippen MR) is 351 cm³/mol. The van der Waals surface area contributed by atoms with Gasteiger partial charge in [0.15, 0.2) is 10.9 Å². The second kappa shape index (κ2) is 39.0. The van der Waals surface area contributed by atoms with Gasteiger partial charge in [0, 0.05) is 86.3 Å². The number of fused-ring (bicyclic) bond motifs is 4. The average molecular weight is 1320 g/mol. The Hall–Kier alpha value is -6.71. The molecule has 27 heteroatoms. The van der Waals surface area contributed by atoms with Gasteiger partial charge in [0.2, 0.25) is 35.4 Å². The number of carbonyl (C=O) groups excluding carboxylic acids is 11. The van der Waals surface area contributed by atoms with Crippen LogP contribution >= 0.6 is 34.9 Å². The molecule has 5 rings (SSSR count). The Labute approximate surface area is 547 Å². The number of anilines is 1. The van der Waals surface area contributed by atoms with E-state index in [0.717, 1.165) is 32.1 Å². The number of carbonyl (C=O) groups is 11. The molecule has 1 aromatic heterocycles. The summed E-state index contributed by atoms with van der Waals surface area (Å²) in [6.07, 6.45) is 10.2. The van der Waals surface area contributed by atoms with Crippen molar-refractivity contribution >= 4 is 110 Å². The number of ketones is 1. The number of Topliss-reactive ketones (excluding diaryl/α,β-unsaturated/α-hetero) is 1. The van der Waals surface area contributed by atoms with Crippen LogP contribution in [-0.4, -0.2) is 159 Å². The Morgan fingerprint density at radius 1 is 0.901 bits per heavy atom. The van der Waals surface area contributed by atoms with E-state index in [0.29, 0.717) is 83.6 Å². The van der Waals surface area contributed by atoms with Crippen LogP contribution < -0.4 is 32.3 Å². The Bertz CT molecular complexity index is 2870. The zero-order valence-corrected chi connectivity index (χ0v) is 56.2. The van der Waals surface area contributed by atoms with Crippen molar-refractivity contribution in [1.29, 1.82) is 0 Å². The third kappa shape index (κ3) is 26.1. The quantitative estimate of drug-likeness (QED) is 0.0164. The molecular weight excluding hydrogens is 1230 g/mol. The monoisotopic (exact) mass is 1320 g/mol. The Morgan fingerprint density at radius 3 is 2.34 bits per heavy atom. The highest BCUT2D eigenvalue weighted by Crippen LogP contribution is 2.33. The van der Waals surface area contributed by atoms with Gasteiger partial charge in [-0.15, -0.1) is 23.1 Å². The molecule has 0 radical (unpaired) electrons. The highest BCUT2D eigenvalue weighted by Gasteiger charge is 2.42. The number of thiazole rings is 1. The first-order valence-corrected chi connectivity index (χ1v) is 34.7. The molecule has 502 valence electrons. The summed E-state index contributed by atoms with van der Waals surface area (Å²) in [6, 6.07) is 3.97. The Balaban J connectivity index is 1.11. The number of nitrogens with two attached hydrogens (primary N) is 1. The van der Waals surface area contributed by atoms with E-state index >= 15 is 0 Å². The van der Waals surface area contributed by atoms with Gasteiger partial charge in [0.1, 0.15) is 40.0 Å². The van der Waals surface area contributed by atoms with Gasteiger partial charge in [-0.2, -0.15) is 0 Å². The van der Waals surface area contributed by atoms with Crippen LogP contribution in [0.25, 0.3) is 0 Å². The standard InChI is InChI=1S/C64H94N10O14S3/c1-8-9-10-11-14-22-54(79)89-33-17-15-20-47-36-52(77)73(37-51-69-48(39-90-51)58-72-64(7,40-91-58)61(83)71-56(42(4)5)60(82)88-47)30-32-86-31-28-67-63(85)87-38-44-23-25-46(26-24-44)68-57(80)45(19-18-27-66-62(65)84)35-49(75)55(41(2)3)70-50(76)21-13-12-16-29-74-53(78)34-43(6)59(74)81/h15,20,23-26,39,41-43,45,47,55-56H,8-14,16-19,21-22,27-38,40H2,1-7H3,(H,67,85)(H,68,80)(H,70,76)(H,71,83)(H3,65,66,84)/b20-15+/t43?,45-,47+,55+,56-,64-/m1/s1. The number of primary amides is 1. The van der Waals surface area contributed by atoms with E-state index < -0.39 is 59.6 Å². The van der Waals surface area contributed by atoms with Crippen LogP contribution in [0.2, 0.25) is 0 Å². The summed E-state index contributed by atoms with van der Waals surface area (Å²) < 4.78 is 17.3. The van der Waals surface area contributed by atoms with Crippen LogP contribution in [0.15, 0.2) is 46.8 Å². The summed E-state index contributed by atoms with van der Waals surface area (Å²) in [4.78, 5) is 156. The van der Waals surface area contributed by atoms with E-state index in [1.807, 2.05) is 5.38 Å². The van der Waals surface area contributed by atoms with Crippen LogP contribution in [0.4, 0.5) is 15.3 Å². The topological polar surface area (TPSA) is 333 Å². The number of aromatic nitrogens is 1. The van der Waals surface area contributed by atoms with E-state index in [2.05, 4.69) is 33.5 Å². The number of nitrogens with one attached hydrogen (secondary N) is 5. The molecule has 0 spiro atoms. The van der Waals surface area contributed by atoms with Crippen molar-refractivity contribution in [2.45, 2.75) is 188 Å². The minimum Gasteiger partial charge on any atom is -0.456 e. The number of aliphatic imine (C=N–C) groups is 1. The molecule has 2 aromatic rings. The first-order valence-electron chi connectivity index (χ1n) is 31.8. The number of rotatable bonds is 36. The van der Waals surface area contributed by atoms with Gasteiger partial charge >= 0.3 is 18.1 Å². The number of alkyl carbamates (subject to hydrolysis) is 1. The van der Waals surface area contributed by atoms with Crippen molar-refractivity contribution in [3.63, 3.8) is 0 Å². The number of amides is 9. The number of unbranched alkanes of at least 4 members (excludes halogenated alkanes) is 6. The lowest BCUT2D eigenvalue weighted by Crippen LogP contribution is -2.53. The normalized spacial score (nSPS) is 19.5. The lowest BCUT2D eigenvalue weighted by molar-refractivity contribution is -0.154. The predicted octanol–water partition coefficient (Wildman–Crippen LogP) is 7.75. The second-order valence-corrected chi connectivity index (χ2v) is 27.1. The molecule has 0 aliphatic carbocycles. The number of allylic oxidation sites excluding steroid dienone is 1. The van der Waals surface area contributed by atoms with Crippen LogP contribution in [0.5, 0.6) is 0 Å². The fourth-order valence-corrected chi connectivity index (χ4v) is 12.9. The van der Waals surface area contributed by atoms with Crippen LogP contribution in [0.3, 0.4) is 0 Å². The third-order valence-corrected chi connectivity index (χ3v) is 18.6. The second-order valence-electron chi connectivity index (χ2n) is 24.1. The molecule has 0 saturated carbocycles. The lowest BCUT2D eigenvalue weighted by atomic mass is 9.89. The van der Waals surface area contributed by atoms with Crippen molar-refractivity contribution in [1.82, 2.24) is 36.1 Å². The molecule has 7 N–H and O–H groups in total. The molecule has 4 heterocycles. The van der Waals surface area contributed by atoms with Gasteiger partial charge < -0.3 is 51.4 Å². The zero-order chi connectivity index (χ0) is 66.5. The number of thioether (sulfide) groups is 2. The summed E-state index contributed by atoms with van der Waals surface area (Å²) in [6.45, 7) is 13.6. The highest BCUT2D eigenvalue weighted by atomic mass is 32.2. The number of likely N-dealkylation sites (tertiary alicyclic amines) is 1. The van der Waals surface area contributed by atoms with Crippen molar-refractivity contribution in [2.24, 2.45) is 34.4 Å². The summed E-state index contributed by atoms with van der Waals surface area (Å²) in [7, 11) is 0. The van der Waals surface area contributed by atoms with Gasteiger partial charge in [0.25, 0.3) is 0 Å². The molecule has 24 nitrogen and oxygen atoms in total. The van der Waals surface area contributed by atoms with Gasteiger partial charge in [-0.1, -0.05) is 104 Å². The fourth-order valence-electron chi connectivity index (χ4n) is 10.1. The molecule has 1 aromatic carbocycles.